The van der Waals surface area contributed by atoms with Crippen LogP contribution >= 0.6 is 11.6 Å². The number of piperidine rings is 1. The first-order valence-corrected chi connectivity index (χ1v) is 11.8. The SMILES string of the molecule is CCc1cccc(C)c1NC(=O)c1ccc(Cl)c(S(=O)(=O)N2CCCC(C)C2)c1. The molecule has 2 aromatic rings. The molecule has 1 unspecified atom stereocenters. The number of rotatable bonds is 5. The molecule has 1 fully saturated rings. The van der Waals surface area contributed by atoms with Crippen molar-refractivity contribution in [2.45, 2.75) is 44.9 Å². The molecule has 1 atom stereocenters. The number of carbonyl (C=O) groups excluding carboxylic acids is 1. The molecule has 7 heteroatoms. The van der Waals surface area contributed by atoms with Crippen LogP contribution in [0.15, 0.2) is 41.3 Å². The van der Waals surface area contributed by atoms with Crippen LogP contribution in [0.5, 0.6) is 0 Å². The van der Waals surface area contributed by atoms with E-state index in [-0.39, 0.29) is 21.4 Å². The highest BCUT2D eigenvalue weighted by atomic mass is 35.5. The van der Waals surface area contributed by atoms with Gasteiger partial charge in [-0.05, 0) is 61.4 Å². The number of anilines is 1. The van der Waals surface area contributed by atoms with Crippen LogP contribution in [0.1, 0.15) is 48.2 Å². The van der Waals surface area contributed by atoms with Gasteiger partial charge in [0.2, 0.25) is 10.0 Å². The zero-order valence-corrected chi connectivity index (χ0v) is 18.6. The van der Waals surface area contributed by atoms with Crippen LogP contribution in [0.3, 0.4) is 0 Å². The van der Waals surface area contributed by atoms with E-state index < -0.39 is 10.0 Å². The van der Waals surface area contributed by atoms with Crippen molar-refractivity contribution >= 4 is 33.2 Å². The van der Waals surface area contributed by atoms with E-state index >= 15 is 0 Å². The molecule has 1 saturated heterocycles. The summed E-state index contributed by atoms with van der Waals surface area (Å²) in [5.74, 6) is -0.0496. The predicted molar refractivity (Wildman–Crippen MR) is 117 cm³/mol. The standard InChI is InChI=1S/C22H27ClN2O3S/c1-4-17-9-5-8-16(3)21(17)24-22(26)18-10-11-19(23)20(13-18)29(27,28)25-12-6-7-15(2)14-25/h5,8-11,13,15H,4,6-7,12,14H2,1-3H3,(H,24,26). The maximum Gasteiger partial charge on any atom is 0.255 e. The molecular weight excluding hydrogens is 408 g/mol. The Morgan fingerprint density at radius 3 is 2.72 bits per heavy atom. The van der Waals surface area contributed by atoms with Crippen LogP contribution in [0.25, 0.3) is 0 Å². The van der Waals surface area contributed by atoms with Crippen molar-refractivity contribution in [3.63, 3.8) is 0 Å². The average Bonchev–Trinajstić information content (AvgIpc) is 2.69. The number of halogens is 1. The minimum absolute atomic E-state index is 0.0126. The Morgan fingerprint density at radius 2 is 2.03 bits per heavy atom. The van der Waals surface area contributed by atoms with Crippen LogP contribution in [-0.4, -0.2) is 31.7 Å². The Labute approximate surface area is 178 Å². The van der Waals surface area contributed by atoms with Crippen LogP contribution in [0.4, 0.5) is 5.69 Å². The molecule has 0 radical (unpaired) electrons. The summed E-state index contributed by atoms with van der Waals surface area (Å²) in [5.41, 5.74) is 3.02. The fourth-order valence-corrected chi connectivity index (χ4v) is 5.83. The van der Waals surface area contributed by atoms with Gasteiger partial charge in [0, 0.05) is 24.3 Å². The molecule has 1 aliphatic heterocycles. The number of sulfonamides is 1. The highest BCUT2D eigenvalue weighted by Gasteiger charge is 2.31. The van der Waals surface area contributed by atoms with Gasteiger partial charge >= 0.3 is 0 Å². The number of hydrogen-bond donors (Lipinski definition) is 1. The number of nitrogens with zero attached hydrogens (tertiary/aromatic N) is 1. The summed E-state index contributed by atoms with van der Waals surface area (Å²) < 4.78 is 27.8. The normalized spacial score (nSPS) is 17.9. The van der Waals surface area contributed by atoms with Gasteiger partial charge < -0.3 is 5.32 Å². The molecule has 2 aromatic carbocycles. The fraction of sp³-hybridized carbons (Fsp3) is 0.409. The first-order valence-electron chi connectivity index (χ1n) is 9.93. The van der Waals surface area contributed by atoms with Gasteiger partial charge in [-0.3, -0.25) is 4.79 Å². The number of para-hydroxylation sites is 1. The van der Waals surface area contributed by atoms with E-state index in [4.69, 9.17) is 11.6 Å². The third-order valence-corrected chi connectivity index (χ3v) is 7.76. The Morgan fingerprint density at radius 1 is 1.28 bits per heavy atom. The van der Waals surface area contributed by atoms with Crippen molar-refractivity contribution in [3.05, 3.63) is 58.1 Å². The Balaban J connectivity index is 1.92. The van der Waals surface area contributed by atoms with E-state index in [0.717, 1.165) is 36.1 Å². The third-order valence-electron chi connectivity index (χ3n) is 5.41. The molecule has 0 aliphatic carbocycles. The van der Waals surface area contributed by atoms with E-state index in [1.807, 2.05) is 39.0 Å². The van der Waals surface area contributed by atoms with Gasteiger partial charge in [0.15, 0.2) is 0 Å². The molecule has 0 saturated carbocycles. The lowest BCUT2D eigenvalue weighted by Crippen LogP contribution is -2.39. The Bertz CT molecular complexity index is 1020. The molecule has 3 rings (SSSR count). The zero-order chi connectivity index (χ0) is 21.2. The van der Waals surface area contributed by atoms with Crippen molar-refractivity contribution in [2.75, 3.05) is 18.4 Å². The van der Waals surface area contributed by atoms with Crippen molar-refractivity contribution in [1.82, 2.24) is 4.31 Å². The second kappa shape index (κ2) is 8.86. The van der Waals surface area contributed by atoms with Crippen LogP contribution < -0.4 is 5.32 Å². The molecule has 0 spiro atoms. The van der Waals surface area contributed by atoms with E-state index in [0.29, 0.717) is 19.0 Å². The molecule has 156 valence electrons. The van der Waals surface area contributed by atoms with Crippen molar-refractivity contribution in [1.29, 1.82) is 0 Å². The number of hydrogen-bond acceptors (Lipinski definition) is 3. The molecule has 0 aromatic heterocycles. The maximum absolute atomic E-state index is 13.2. The van der Waals surface area contributed by atoms with E-state index in [1.165, 1.54) is 16.4 Å². The van der Waals surface area contributed by atoms with Gasteiger partial charge in [0.25, 0.3) is 5.91 Å². The highest BCUT2D eigenvalue weighted by molar-refractivity contribution is 7.89. The fourth-order valence-electron chi connectivity index (χ4n) is 3.73. The second-order valence-electron chi connectivity index (χ2n) is 7.67. The number of carbonyl (C=O) groups is 1. The van der Waals surface area contributed by atoms with Crippen LogP contribution in [0, 0.1) is 12.8 Å². The van der Waals surface area contributed by atoms with Crippen LogP contribution in [-0.2, 0) is 16.4 Å². The van der Waals surface area contributed by atoms with E-state index in [1.54, 1.807) is 6.07 Å². The highest BCUT2D eigenvalue weighted by Crippen LogP contribution is 2.30. The molecule has 5 nitrogen and oxygen atoms in total. The van der Waals surface area contributed by atoms with Gasteiger partial charge in [0.05, 0.1) is 5.02 Å². The van der Waals surface area contributed by atoms with E-state index in [9.17, 15) is 13.2 Å². The monoisotopic (exact) mass is 434 g/mol. The molecule has 0 bridgehead atoms. The second-order valence-corrected chi connectivity index (χ2v) is 9.99. The predicted octanol–water partition coefficient (Wildman–Crippen LogP) is 4.88. The molecule has 1 amide bonds. The lowest BCUT2D eigenvalue weighted by molar-refractivity contribution is 0.102. The Kier molecular flexibility index (Phi) is 6.66. The van der Waals surface area contributed by atoms with Crippen LogP contribution in [0.2, 0.25) is 5.02 Å². The van der Waals surface area contributed by atoms with Crippen molar-refractivity contribution < 1.29 is 13.2 Å². The van der Waals surface area contributed by atoms with E-state index in [2.05, 4.69) is 5.32 Å². The molecule has 29 heavy (non-hydrogen) atoms. The Hall–Kier alpha value is -1.89. The molecule has 1 aliphatic rings. The van der Waals surface area contributed by atoms with Gasteiger partial charge in [-0.15, -0.1) is 0 Å². The van der Waals surface area contributed by atoms with Crippen molar-refractivity contribution in [3.8, 4) is 0 Å². The maximum atomic E-state index is 13.2. The lowest BCUT2D eigenvalue weighted by Gasteiger charge is -2.30. The van der Waals surface area contributed by atoms with Gasteiger partial charge in [-0.25, -0.2) is 8.42 Å². The third kappa shape index (κ3) is 4.65. The summed E-state index contributed by atoms with van der Waals surface area (Å²) in [6.07, 6.45) is 2.62. The summed E-state index contributed by atoms with van der Waals surface area (Å²) >= 11 is 6.24. The molecule has 1 N–H and O–H groups in total. The molecular formula is C22H27ClN2O3S. The summed E-state index contributed by atoms with van der Waals surface area (Å²) in [5, 5.41) is 3.07. The van der Waals surface area contributed by atoms with Crippen molar-refractivity contribution in [2.24, 2.45) is 5.92 Å². The first kappa shape index (κ1) is 21.8. The van der Waals surface area contributed by atoms with Gasteiger partial charge in [-0.2, -0.15) is 4.31 Å². The number of nitrogens with one attached hydrogen (secondary N) is 1. The number of aryl methyl sites for hydroxylation is 2. The quantitative estimate of drug-likeness (QED) is 0.728. The number of benzene rings is 2. The minimum atomic E-state index is -3.75. The molecule has 1 heterocycles. The largest absolute Gasteiger partial charge is 0.321 e. The minimum Gasteiger partial charge on any atom is -0.321 e. The summed E-state index contributed by atoms with van der Waals surface area (Å²) in [6, 6.07) is 10.3. The number of amides is 1. The topological polar surface area (TPSA) is 66.5 Å². The zero-order valence-electron chi connectivity index (χ0n) is 17.0. The van der Waals surface area contributed by atoms with Gasteiger partial charge in [-0.1, -0.05) is 43.6 Å². The summed E-state index contributed by atoms with van der Waals surface area (Å²) in [6.45, 7) is 6.95. The first-order chi connectivity index (χ1) is 13.7. The van der Waals surface area contributed by atoms with Gasteiger partial charge in [0.1, 0.15) is 4.90 Å². The average molecular weight is 435 g/mol. The smallest absolute Gasteiger partial charge is 0.255 e. The summed E-state index contributed by atoms with van der Waals surface area (Å²) in [7, 11) is -3.75. The summed E-state index contributed by atoms with van der Waals surface area (Å²) in [4.78, 5) is 12.9. The lowest BCUT2D eigenvalue weighted by atomic mass is 10.0.